The minimum Gasteiger partial charge on any atom is -0.444 e. The van der Waals surface area contributed by atoms with Crippen LogP contribution in [0.3, 0.4) is 0 Å². The molecule has 2 atom stereocenters. The highest BCUT2D eigenvalue weighted by atomic mass is 16.6. The second-order valence-electron chi connectivity index (χ2n) is 10.0. The van der Waals surface area contributed by atoms with Crippen molar-refractivity contribution in [3.8, 4) is 0 Å². The fraction of sp³-hybridized carbons (Fsp3) is 0.640. The van der Waals surface area contributed by atoms with Gasteiger partial charge >= 0.3 is 6.09 Å². The van der Waals surface area contributed by atoms with Gasteiger partial charge in [-0.1, -0.05) is 37.6 Å². The van der Waals surface area contributed by atoms with Crippen molar-refractivity contribution in [2.45, 2.75) is 86.0 Å². The van der Waals surface area contributed by atoms with Gasteiger partial charge < -0.3 is 25.4 Å². The van der Waals surface area contributed by atoms with Crippen LogP contribution in [-0.2, 0) is 14.3 Å². The van der Waals surface area contributed by atoms with Crippen molar-refractivity contribution < 1.29 is 24.2 Å². The number of nitrogens with one attached hydrogen (secondary N) is 2. The van der Waals surface area contributed by atoms with E-state index < -0.39 is 29.7 Å². The summed E-state index contributed by atoms with van der Waals surface area (Å²) < 4.78 is 5.34. The Balaban J connectivity index is 3.48. The lowest BCUT2D eigenvalue weighted by molar-refractivity contribution is -0.144. The van der Waals surface area contributed by atoms with E-state index in [1.54, 1.807) is 34.6 Å². The standard InChI is InChI=1S/C25H41N3O5/c1-15(2)20(27-24(32)33-25(7,8)9)23(31)28(12-13-29)21(22(30)26-16(3)4)19-14-17(5)10-11-18(19)6/h10-11,14-16,20-21,29H,12-13H2,1-9H3,(H,26,30)(H,27,32). The number of aryl methyl sites for hydroxylation is 2. The van der Waals surface area contributed by atoms with Crippen LogP contribution < -0.4 is 10.6 Å². The Labute approximate surface area is 198 Å². The van der Waals surface area contributed by atoms with Gasteiger partial charge in [-0.3, -0.25) is 9.59 Å². The molecule has 0 aliphatic heterocycles. The highest BCUT2D eigenvalue weighted by Gasteiger charge is 2.38. The second-order valence-corrected chi connectivity index (χ2v) is 10.0. The Bertz CT molecular complexity index is 830. The second kappa shape index (κ2) is 12.0. The van der Waals surface area contributed by atoms with Gasteiger partial charge in [0, 0.05) is 12.6 Å². The molecule has 1 aromatic carbocycles. The van der Waals surface area contributed by atoms with Crippen molar-refractivity contribution in [2.24, 2.45) is 5.92 Å². The summed E-state index contributed by atoms with van der Waals surface area (Å²) in [6, 6.07) is 3.68. The number of amides is 3. The summed E-state index contributed by atoms with van der Waals surface area (Å²) >= 11 is 0. The Morgan fingerprint density at radius 2 is 1.67 bits per heavy atom. The topological polar surface area (TPSA) is 108 Å². The summed E-state index contributed by atoms with van der Waals surface area (Å²) in [6.45, 7) is 15.9. The smallest absolute Gasteiger partial charge is 0.408 e. The molecule has 0 aliphatic rings. The first-order valence-electron chi connectivity index (χ1n) is 11.5. The molecule has 0 radical (unpaired) electrons. The molecule has 8 nitrogen and oxygen atoms in total. The van der Waals surface area contributed by atoms with Crippen molar-refractivity contribution in [3.63, 3.8) is 0 Å². The van der Waals surface area contributed by atoms with E-state index in [9.17, 15) is 19.5 Å². The van der Waals surface area contributed by atoms with E-state index in [0.717, 1.165) is 11.1 Å². The van der Waals surface area contributed by atoms with Crippen molar-refractivity contribution >= 4 is 17.9 Å². The van der Waals surface area contributed by atoms with E-state index in [2.05, 4.69) is 10.6 Å². The zero-order valence-electron chi connectivity index (χ0n) is 21.5. The van der Waals surface area contributed by atoms with Crippen LogP contribution in [0.4, 0.5) is 4.79 Å². The predicted molar refractivity (Wildman–Crippen MR) is 129 cm³/mol. The number of carbonyl (C=O) groups excluding carboxylic acids is 3. The van der Waals surface area contributed by atoms with E-state index in [1.165, 1.54) is 4.90 Å². The third-order valence-corrected chi connectivity index (χ3v) is 4.95. The molecule has 0 spiro atoms. The van der Waals surface area contributed by atoms with E-state index in [-0.39, 0.29) is 31.0 Å². The summed E-state index contributed by atoms with van der Waals surface area (Å²) in [7, 11) is 0. The van der Waals surface area contributed by atoms with Gasteiger partial charge in [-0.05, 0) is 65.5 Å². The third-order valence-electron chi connectivity index (χ3n) is 4.95. The van der Waals surface area contributed by atoms with Crippen molar-refractivity contribution in [1.82, 2.24) is 15.5 Å². The molecule has 33 heavy (non-hydrogen) atoms. The van der Waals surface area contributed by atoms with E-state index in [0.29, 0.717) is 5.56 Å². The fourth-order valence-corrected chi connectivity index (χ4v) is 3.47. The molecule has 0 heterocycles. The number of alkyl carbamates (subject to hydrolysis) is 1. The molecule has 0 fully saturated rings. The summed E-state index contributed by atoms with van der Waals surface area (Å²) in [5.74, 6) is -1.09. The fourth-order valence-electron chi connectivity index (χ4n) is 3.47. The van der Waals surface area contributed by atoms with Gasteiger partial charge in [0.15, 0.2) is 0 Å². The normalized spacial score (nSPS) is 13.5. The molecule has 186 valence electrons. The number of ether oxygens (including phenoxy) is 1. The highest BCUT2D eigenvalue weighted by Crippen LogP contribution is 2.27. The summed E-state index contributed by atoms with van der Waals surface area (Å²) in [4.78, 5) is 40.9. The Kier molecular flexibility index (Phi) is 10.4. The Hall–Kier alpha value is -2.61. The number of aliphatic hydroxyl groups excluding tert-OH is 1. The molecule has 1 rings (SSSR count). The summed E-state index contributed by atoms with van der Waals surface area (Å²) in [5, 5.41) is 15.3. The van der Waals surface area contributed by atoms with Crippen molar-refractivity contribution in [1.29, 1.82) is 0 Å². The average molecular weight is 464 g/mol. The minimum atomic E-state index is -0.964. The van der Waals surface area contributed by atoms with E-state index in [1.807, 2.05) is 45.9 Å². The maximum atomic E-state index is 13.7. The van der Waals surface area contributed by atoms with Crippen LogP contribution in [0.2, 0.25) is 0 Å². The molecule has 2 unspecified atom stereocenters. The van der Waals surface area contributed by atoms with Gasteiger partial charge in [0.2, 0.25) is 11.8 Å². The lowest BCUT2D eigenvalue weighted by Gasteiger charge is -2.36. The lowest BCUT2D eigenvalue weighted by Crippen LogP contribution is -2.55. The number of hydrogen-bond donors (Lipinski definition) is 3. The number of benzene rings is 1. The summed E-state index contributed by atoms with van der Waals surface area (Å²) in [6.07, 6.45) is -0.714. The molecular weight excluding hydrogens is 422 g/mol. The van der Waals surface area contributed by atoms with Crippen LogP contribution in [0.5, 0.6) is 0 Å². The number of hydrogen-bond acceptors (Lipinski definition) is 5. The molecule has 3 amide bonds. The van der Waals surface area contributed by atoms with Crippen LogP contribution in [-0.4, -0.2) is 58.8 Å². The Morgan fingerprint density at radius 1 is 1.06 bits per heavy atom. The molecule has 0 bridgehead atoms. The molecule has 0 saturated heterocycles. The van der Waals surface area contributed by atoms with Gasteiger partial charge in [-0.25, -0.2) is 4.79 Å². The quantitative estimate of drug-likeness (QED) is 0.521. The van der Waals surface area contributed by atoms with Crippen LogP contribution >= 0.6 is 0 Å². The van der Waals surface area contributed by atoms with Crippen LogP contribution in [0.15, 0.2) is 18.2 Å². The Morgan fingerprint density at radius 3 is 2.15 bits per heavy atom. The minimum absolute atomic E-state index is 0.0678. The first-order chi connectivity index (χ1) is 15.2. The molecule has 3 N–H and O–H groups in total. The van der Waals surface area contributed by atoms with E-state index in [4.69, 9.17) is 4.74 Å². The van der Waals surface area contributed by atoms with Gasteiger partial charge in [-0.15, -0.1) is 0 Å². The molecule has 8 heteroatoms. The van der Waals surface area contributed by atoms with Crippen LogP contribution in [0, 0.1) is 19.8 Å². The zero-order valence-corrected chi connectivity index (χ0v) is 21.5. The molecule has 1 aromatic rings. The van der Waals surface area contributed by atoms with Gasteiger partial charge in [-0.2, -0.15) is 0 Å². The van der Waals surface area contributed by atoms with Crippen molar-refractivity contribution in [2.75, 3.05) is 13.2 Å². The number of aliphatic hydroxyl groups is 1. The molecular formula is C25H41N3O5. The van der Waals surface area contributed by atoms with Gasteiger partial charge in [0.25, 0.3) is 0 Å². The maximum absolute atomic E-state index is 13.7. The van der Waals surface area contributed by atoms with E-state index >= 15 is 0 Å². The van der Waals surface area contributed by atoms with Gasteiger partial charge in [0.05, 0.1) is 6.61 Å². The first-order valence-corrected chi connectivity index (χ1v) is 11.5. The molecule has 0 aliphatic carbocycles. The highest BCUT2D eigenvalue weighted by molar-refractivity contribution is 5.92. The summed E-state index contributed by atoms with van der Waals surface area (Å²) in [5.41, 5.74) is 1.75. The van der Waals surface area contributed by atoms with Crippen LogP contribution in [0.25, 0.3) is 0 Å². The van der Waals surface area contributed by atoms with Crippen molar-refractivity contribution in [3.05, 3.63) is 34.9 Å². The third kappa shape index (κ3) is 8.68. The largest absolute Gasteiger partial charge is 0.444 e. The zero-order chi connectivity index (χ0) is 25.5. The number of rotatable bonds is 9. The maximum Gasteiger partial charge on any atom is 0.408 e. The van der Waals surface area contributed by atoms with Crippen LogP contribution in [0.1, 0.15) is 71.2 Å². The molecule has 0 aromatic heterocycles. The number of nitrogens with zero attached hydrogens (tertiary/aromatic N) is 1. The van der Waals surface area contributed by atoms with Gasteiger partial charge in [0.1, 0.15) is 17.7 Å². The predicted octanol–water partition coefficient (Wildman–Crippen LogP) is 3.24. The lowest BCUT2D eigenvalue weighted by atomic mass is 9.94. The number of carbonyl (C=O) groups is 3. The SMILES string of the molecule is Cc1ccc(C)c(C(C(=O)NC(C)C)N(CCO)C(=O)C(NC(=O)OC(C)(C)C)C(C)C)c1. The average Bonchev–Trinajstić information content (AvgIpc) is 2.65. The molecule has 0 saturated carbocycles. The monoisotopic (exact) mass is 463 g/mol. The first kappa shape index (κ1) is 28.4.